The lowest BCUT2D eigenvalue weighted by atomic mass is 10.1. The van der Waals surface area contributed by atoms with Crippen LogP contribution >= 0.6 is 0 Å². The number of imidazole rings is 1. The maximum Gasteiger partial charge on any atom is 0.404 e. The van der Waals surface area contributed by atoms with Crippen molar-refractivity contribution in [2.45, 2.75) is 33.0 Å². The topological polar surface area (TPSA) is 110 Å². The maximum absolute atomic E-state index is 10.8. The molecule has 3 heterocycles. The first kappa shape index (κ1) is 17.1. The van der Waals surface area contributed by atoms with E-state index in [9.17, 15) is 4.79 Å². The van der Waals surface area contributed by atoms with Crippen molar-refractivity contribution in [3.63, 3.8) is 0 Å². The Labute approximate surface area is 155 Å². The Morgan fingerprint density at radius 1 is 1.37 bits per heavy atom. The highest BCUT2D eigenvalue weighted by atomic mass is 16.5. The molecule has 1 aromatic carbocycles. The van der Waals surface area contributed by atoms with Gasteiger partial charge in [-0.05, 0) is 31.5 Å². The van der Waals surface area contributed by atoms with Crippen LogP contribution in [0, 0.1) is 0 Å². The van der Waals surface area contributed by atoms with Crippen LogP contribution in [0.3, 0.4) is 0 Å². The number of aromatic nitrogens is 5. The van der Waals surface area contributed by atoms with E-state index in [-0.39, 0.29) is 12.6 Å². The van der Waals surface area contributed by atoms with Crippen molar-refractivity contribution in [1.29, 1.82) is 0 Å². The number of ether oxygens (including phenoxy) is 2. The Morgan fingerprint density at radius 2 is 2.22 bits per heavy atom. The molecule has 0 radical (unpaired) electrons. The van der Waals surface area contributed by atoms with E-state index in [1.807, 2.05) is 29.1 Å². The lowest BCUT2D eigenvalue weighted by Gasteiger charge is -2.09. The quantitative estimate of drug-likeness (QED) is 0.757. The highest BCUT2D eigenvalue weighted by Crippen LogP contribution is 2.34. The highest BCUT2D eigenvalue weighted by molar-refractivity contribution is 5.69. The minimum Gasteiger partial charge on any atom is -0.491 e. The van der Waals surface area contributed by atoms with Gasteiger partial charge in [-0.25, -0.2) is 19.4 Å². The Kier molecular flexibility index (Phi) is 4.27. The number of benzene rings is 1. The number of fused-ring (bicyclic) bond motifs is 3. The molecule has 9 nitrogen and oxygen atoms in total. The van der Waals surface area contributed by atoms with Gasteiger partial charge in [0.1, 0.15) is 36.8 Å². The number of hydrogen-bond donors (Lipinski definition) is 1. The van der Waals surface area contributed by atoms with Crippen LogP contribution in [0.5, 0.6) is 5.75 Å². The van der Waals surface area contributed by atoms with Crippen molar-refractivity contribution in [3.8, 4) is 28.7 Å². The fraction of sp³-hybridized carbons (Fsp3) is 0.333. The zero-order valence-corrected chi connectivity index (χ0v) is 15.1. The summed E-state index contributed by atoms with van der Waals surface area (Å²) in [6, 6.07) is 5.81. The van der Waals surface area contributed by atoms with Gasteiger partial charge in [-0.1, -0.05) is 6.07 Å². The Morgan fingerprint density at radius 3 is 3.00 bits per heavy atom. The first-order valence-corrected chi connectivity index (χ1v) is 8.68. The maximum atomic E-state index is 10.8. The summed E-state index contributed by atoms with van der Waals surface area (Å²) in [6.45, 7) is 5.38. The number of rotatable bonds is 4. The molecule has 140 valence electrons. The highest BCUT2D eigenvalue weighted by Gasteiger charge is 2.21. The average molecular weight is 368 g/mol. The second-order valence-electron chi connectivity index (χ2n) is 6.55. The fourth-order valence-electron chi connectivity index (χ4n) is 3.09. The summed E-state index contributed by atoms with van der Waals surface area (Å²) in [5.74, 6) is 2.24. The lowest BCUT2D eigenvalue weighted by molar-refractivity contribution is 0.150. The second-order valence-corrected chi connectivity index (χ2v) is 6.55. The van der Waals surface area contributed by atoms with Crippen LogP contribution < -0.4 is 10.5 Å². The third kappa shape index (κ3) is 3.23. The fourth-order valence-corrected chi connectivity index (χ4v) is 3.09. The predicted octanol–water partition coefficient (Wildman–Crippen LogP) is 2.38. The minimum atomic E-state index is -0.805. The second kappa shape index (κ2) is 6.75. The Balaban J connectivity index is 1.72. The predicted molar refractivity (Wildman–Crippen MR) is 96.9 cm³/mol. The first-order valence-electron chi connectivity index (χ1n) is 8.68. The third-order valence-electron chi connectivity index (χ3n) is 4.33. The molecule has 0 saturated heterocycles. The number of carbonyl (C=O) groups excluding carboxylic acids is 1. The molecule has 2 N–H and O–H groups in total. The van der Waals surface area contributed by atoms with Crippen LogP contribution in [0.15, 0.2) is 30.7 Å². The average Bonchev–Trinajstić information content (AvgIpc) is 3.24. The van der Waals surface area contributed by atoms with Gasteiger partial charge in [-0.3, -0.25) is 0 Å². The molecule has 3 aromatic rings. The monoisotopic (exact) mass is 368 g/mol. The van der Waals surface area contributed by atoms with Gasteiger partial charge < -0.3 is 19.8 Å². The molecule has 0 fully saturated rings. The van der Waals surface area contributed by atoms with E-state index >= 15 is 0 Å². The number of carbonyl (C=O) groups is 1. The molecule has 0 spiro atoms. The van der Waals surface area contributed by atoms with Gasteiger partial charge in [0, 0.05) is 12.2 Å². The molecule has 1 aliphatic rings. The summed E-state index contributed by atoms with van der Waals surface area (Å²) < 4.78 is 14.6. The van der Waals surface area contributed by atoms with Gasteiger partial charge in [0.05, 0.1) is 12.1 Å². The largest absolute Gasteiger partial charge is 0.491 e. The Bertz CT molecular complexity index is 991. The molecule has 1 aliphatic heterocycles. The van der Waals surface area contributed by atoms with Crippen LogP contribution in [0.4, 0.5) is 4.79 Å². The van der Waals surface area contributed by atoms with Gasteiger partial charge in [0.15, 0.2) is 5.82 Å². The summed E-state index contributed by atoms with van der Waals surface area (Å²) in [5.41, 5.74) is 7.47. The molecule has 0 aliphatic carbocycles. The van der Waals surface area contributed by atoms with Crippen molar-refractivity contribution in [2.75, 3.05) is 6.61 Å². The number of primary amides is 1. The molecule has 1 amide bonds. The third-order valence-corrected chi connectivity index (χ3v) is 4.33. The van der Waals surface area contributed by atoms with Crippen molar-refractivity contribution in [2.24, 2.45) is 5.73 Å². The minimum absolute atomic E-state index is 0.100. The van der Waals surface area contributed by atoms with Gasteiger partial charge in [0.25, 0.3) is 0 Å². The molecular formula is C18H20N6O3. The molecule has 0 unspecified atom stereocenters. The number of nitrogens with two attached hydrogens (primary N) is 1. The molecule has 2 aromatic heterocycles. The van der Waals surface area contributed by atoms with Crippen LogP contribution in [-0.2, 0) is 17.9 Å². The van der Waals surface area contributed by atoms with Crippen molar-refractivity contribution >= 4 is 6.09 Å². The number of amides is 1. The molecular weight excluding hydrogens is 348 g/mol. The zero-order chi connectivity index (χ0) is 19.0. The van der Waals surface area contributed by atoms with E-state index in [2.05, 4.69) is 28.5 Å². The lowest BCUT2D eigenvalue weighted by Crippen LogP contribution is -2.12. The van der Waals surface area contributed by atoms with Gasteiger partial charge >= 0.3 is 6.09 Å². The summed E-state index contributed by atoms with van der Waals surface area (Å²) in [5, 5.41) is 4.29. The molecule has 4 rings (SSSR count). The SMILES string of the molecule is CC(C)n1ncnc1-c1cn2c(n1)-c1ccc(COC(N)=O)cc1OCC2. The summed E-state index contributed by atoms with van der Waals surface area (Å²) in [6.07, 6.45) is 2.71. The first-order chi connectivity index (χ1) is 13.0. The van der Waals surface area contributed by atoms with Crippen LogP contribution in [0.25, 0.3) is 22.9 Å². The van der Waals surface area contributed by atoms with E-state index in [4.69, 9.17) is 20.2 Å². The van der Waals surface area contributed by atoms with Crippen molar-refractivity contribution < 1.29 is 14.3 Å². The number of nitrogens with zero attached hydrogens (tertiary/aromatic N) is 5. The zero-order valence-electron chi connectivity index (χ0n) is 15.1. The van der Waals surface area contributed by atoms with E-state index < -0.39 is 6.09 Å². The van der Waals surface area contributed by atoms with Gasteiger partial charge in [-0.15, -0.1) is 0 Å². The Hall–Kier alpha value is -3.36. The van der Waals surface area contributed by atoms with E-state index in [1.165, 1.54) is 0 Å². The molecule has 0 saturated carbocycles. The van der Waals surface area contributed by atoms with Crippen molar-refractivity contribution in [3.05, 3.63) is 36.3 Å². The van der Waals surface area contributed by atoms with E-state index in [1.54, 1.807) is 6.33 Å². The molecule has 0 bridgehead atoms. The van der Waals surface area contributed by atoms with Crippen LogP contribution in [0.1, 0.15) is 25.5 Å². The van der Waals surface area contributed by atoms with Crippen LogP contribution in [0.2, 0.25) is 0 Å². The van der Waals surface area contributed by atoms with E-state index in [0.717, 1.165) is 28.5 Å². The van der Waals surface area contributed by atoms with E-state index in [0.29, 0.717) is 18.9 Å². The van der Waals surface area contributed by atoms with Gasteiger partial charge in [0.2, 0.25) is 0 Å². The number of hydrogen-bond acceptors (Lipinski definition) is 6. The summed E-state index contributed by atoms with van der Waals surface area (Å²) in [7, 11) is 0. The smallest absolute Gasteiger partial charge is 0.404 e. The normalized spacial score (nSPS) is 12.9. The molecule has 27 heavy (non-hydrogen) atoms. The molecule has 0 atom stereocenters. The summed E-state index contributed by atoms with van der Waals surface area (Å²) >= 11 is 0. The van der Waals surface area contributed by atoms with Gasteiger partial charge in [-0.2, -0.15) is 5.10 Å². The molecule has 9 heteroatoms. The summed E-state index contributed by atoms with van der Waals surface area (Å²) in [4.78, 5) is 20.0. The van der Waals surface area contributed by atoms with Crippen LogP contribution in [-0.4, -0.2) is 37.0 Å². The standard InChI is InChI=1S/C18H20N6O3/c1-11(2)24-17(20-10-21-24)14-8-23-5-6-26-15-7-12(9-27-18(19)25)3-4-13(15)16(23)22-14/h3-4,7-8,10-11H,5-6,9H2,1-2H3,(H2,19,25). The van der Waals surface area contributed by atoms with Crippen molar-refractivity contribution in [1.82, 2.24) is 24.3 Å².